The summed E-state index contributed by atoms with van der Waals surface area (Å²) in [6.07, 6.45) is -6.51. The molecule has 20 nitrogen and oxygen atoms in total. The van der Waals surface area contributed by atoms with Gasteiger partial charge in [0.2, 0.25) is 11.7 Å². The molecule has 0 aromatic carbocycles. The van der Waals surface area contributed by atoms with E-state index in [0.29, 0.717) is 0 Å². The van der Waals surface area contributed by atoms with Crippen LogP contribution in [0.3, 0.4) is 0 Å². The number of aromatic amines is 2. The maximum atomic E-state index is 15.9. The lowest BCUT2D eigenvalue weighted by atomic mass is 10.1. The van der Waals surface area contributed by atoms with Gasteiger partial charge in [-0.25, -0.2) is 23.9 Å². The summed E-state index contributed by atoms with van der Waals surface area (Å²) in [5, 5.41) is 31.0. The summed E-state index contributed by atoms with van der Waals surface area (Å²) < 4.78 is 51.8. The first kappa shape index (κ1) is 28.5. The number of phosphoric acid groups is 1. The Balaban J connectivity index is 1.19. The van der Waals surface area contributed by atoms with E-state index in [0.717, 1.165) is 28.1 Å². The molecule has 0 saturated carbocycles. The minimum Gasteiger partial charge on any atom is -0.394 e. The van der Waals surface area contributed by atoms with Gasteiger partial charge in [-0.1, -0.05) is 0 Å². The Morgan fingerprint density at radius 2 is 1.90 bits per heavy atom. The smallest absolute Gasteiger partial charge is 0.394 e. The van der Waals surface area contributed by atoms with Crippen LogP contribution in [0.25, 0.3) is 22.3 Å². The number of nitrogen functional groups attached to an aromatic ring is 1. The van der Waals surface area contributed by atoms with Crippen LogP contribution in [0.2, 0.25) is 0 Å². The number of nitrogens with one attached hydrogen (secondary N) is 2. The summed E-state index contributed by atoms with van der Waals surface area (Å²) in [6, 6.07) is 0. The number of rotatable bonds is 8. The second kappa shape index (κ2) is 10.3. The Morgan fingerprint density at radius 3 is 2.67 bits per heavy atom. The molecule has 22 heteroatoms. The maximum Gasteiger partial charge on any atom is 0.472 e. The van der Waals surface area contributed by atoms with E-state index in [1.807, 2.05) is 0 Å². The van der Waals surface area contributed by atoms with Gasteiger partial charge in [-0.05, 0) is 0 Å². The third-order valence-electron chi connectivity index (χ3n) is 6.92. The van der Waals surface area contributed by atoms with Crippen molar-refractivity contribution in [2.75, 3.05) is 25.6 Å². The highest BCUT2D eigenvalue weighted by molar-refractivity contribution is 7.47. The van der Waals surface area contributed by atoms with Crippen molar-refractivity contribution in [3.8, 4) is 0 Å². The fourth-order valence-electron chi connectivity index (χ4n) is 4.84. The van der Waals surface area contributed by atoms with Gasteiger partial charge in [0.05, 0.1) is 25.9 Å². The Morgan fingerprint density at radius 1 is 1.17 bits per heavy atom. The number of imidazole rings is 2. The van der Waals surface area contributed by atoms with E-state index in [9.17, 15) is 34.4 Å². The lowest BCUT2D eigenvalue weighted by Gasteiger charge is -2.26. The van der Waals surface area contributed by atoms with Crippen LogP contribution in [0.15, 0.2) is 28.6 Å². The largest absolute Gasteiger partial charge is 0.472 e. The second-order valence-corrected chi connectivity index (χ2v) is 10.9. The molecule has 6 heterocycles. The summed E-state index contributed by atoms with van der Waals surface area (Å²) in [5.74, 6) is -2.95. The van der Waals surface area contributed by atoms with Gasteiger partial charge in [-0.15, -0.1) is 0 Å². The van der Waals surface area contributed by atoms with Gasteiger partial charge in [0.1, 0.15) is 43.5 Å². The number of anilines is 1. The Hall–Kier alpha value is -3.66. The van der Waals surface area contributed by atoms with Crippen LogP contribution in [0.5, 0.6) is 0 Å². The second-order valence-electron chi connectivity index (χ2n) is 9.48. The number of H-pyrrole nitrogens is 2. The Bertz CT molecular complexity index is 1810. The molecule has 2 saturated heterocycles. The molecule has 8 N–H and O–H groups in total. The van der Waals surface area contributed by atoms with Crippen molar-refractivity contribution in [2.45, 2.75) is 42.5 Å². The first-order chi connectivity index (χ1) is 19.9. The normalized spacial score (nSPS) is 31.3. The molecule has 42 heavy (non-hydrogen) atoms. The molecule has 8 atom stereocenters. The fraction of sp³-hybridized carbons (Fsp3) is 0.500. The van der Waals surface area contributed by atoms with Crippen LogP contribution in [0.1, 0.15) is 6.23 Å². The summed E-state index contributed by atoms with van der Waals surface area (Å²) in [6.45, 7) is -2.33. The van der Waals surface area contributed by atoms with Crippen LogP contribution in [-0.4, -0.2) is 110 Å². The number of hydrogen-bond acceptors (Lipinski definition) is 15. The van der Waals surface area contributed by atoms with Gasteiger partial charge in [0.25, 0.3) is 11.1 Å². The number of ether oxygens (including phenoxy) is 2. The minimum atomic E-state index is -5.12. The van der Waals surface area contributed by atoms with E-state index in [1.54, 1.807) is 0 Å². The average Bonchev–Trinajstić information content (AvgIpc) is 3.70. The van der Waals surface area contributed by atoms with Crippen LogP contribution in [0.4, 0.5) is 10.3 Å². The highest BCUT2D eigenvalue weighted by Crippen LogP contribution is 2.50. The van der Waals surface area contributed by atoms with Crippen molar-refractivity contribution in [1.82, 2.24) is 39.0 Å². The quantitative estimate of drug-likeness (QED) is 0.0970. The molecule has 0 amide bonds. The number of alkyl halides is 1. The zero-order valence-corrected chi connectivity index (χ0v) is 21.9. The molecule has 2 fully saturated rings. The standard InChI is InChI=1S/C20H23FN9O11P/c21-20(30-6-26-9-14(30)23-4-24-16(9)34)3-38-8(13(20)33)2-39-42(36,37)41-12-11(32)7(1-31)40-18(12)29-5-25-10-15(29)27-19(22)28-17(10)35/h4-8,11-13,18,31-33H,1-3H2,(H,36,37)(H,23,24,34)(H3,22,27,28,35)/t7-,8-,11-,12-,13-,18-,20?/m1/s1. The monoisotopic (exact) mass is 615 g/mol. The van der Waals surface area contributed by atoms with Crippen molar-refractivity contribution >= 4 is 36.1 Å². The van der Waals surface area contributed by atoms with E-state index in [4.69, 9.17) is 24.3 Å². The summed E-state index contributed by atoms with van der Waals surface area (Å²) in [4.78, 5) is 54.7. The number of phosphoric ester groups is 1. The number of aliphatic hydroxyl groups excluding tert-OH is 3. The molecule has 0 radical (unpaired) electrons. The molecule has 0 bridgehead atoms. The topological polar surface area (TPSA) is 288 Å². The molecule has 2 aliphatic rings. The van der Waals surface area contributed by atoms with Gasteiger partial charge in [0, 0.05) is 0 Å². The summed E-state index contributed by atoms with van der Waals surface area (Å²) >= 11 is 0. The first-order valence-corrected chi connectivity index (χ1v) is 13.7. The fourth-order valence-corrected chi connectivity index (χ4v) is 5.77. The maximum absolute atomic E-state index is 15.9. The molecule has 6 rings (SSSR count). The van der Waals surface area contributed by atoms with Crippen molar-refractivity contribution in [3.63, 3.8) is 0 Å². The highest BCUT2D eigenvalue weighted by Gasteiger charge is 2.54. The van der Waals surface area contributed by atoms with E-state index in [1.165, 1.54) is 0 Å². The van der Waals surface area contributed by atoms with Gasteiger partial charge < -0.3 is 40.4 Å². The lowest BCUT2D eigenvalue weighted by Crippen LogP contribution is -2.43. The molecule has 4 aromatic heterocycles. The Kier molecular flexibility index (Phi) is 6.95. The molecule has 0 spiro atoms. The number of hydrogen-bond donors (Lipinski definition) is 7. The highest BCUT2D eigenvalue weighted by atomic mass is 31.2. The summed E-state index contributed by atoms with van der Waals surface area (Å²) in [5.41, 5.74) is 3.65. The van der Waals surface area contributed by atoms with E-state index < -0.39 is 81.3 Å². The SMILES string of the molecule is Nc1nc2c(ncn2[C@@H]2O[C@H](CO)[C@@H](O)[C@H]2OP(=O)(O)OC[C@H]2OCC(F)(n3cnc4c(=O)[nH]cnc43)[C@@H]2O)c(=O)[nH]1. The van der Waals surface area contributed by atoms with Crippen molar-refractivity contribution in [3.05, 3.63) is 39.7 Å². The summed E-state index contributed by atoms with van der Waals surface area (Å²) in [7, 11) is -5.12. The molecule has 226 valence electrons. The molecule has 2 unspecified atom stereocenters. The van der Waals surface area contributed by atoms with Gasteiger partial charge >= 0.3 is 7.82 Å². The third kappa shape index (κ3) is 4.60. The average molecular weight is 615 g/mol. The number of nitrogens with two attached hydrogens (primary N) is 1. The van der Waals surface area contributed by atoms with Crippen LogP contribution in [-0.2, 0) is 28.9 Å². The van der Waals surface area contributed by atoms with E-state index >= 15 is 4.39 Å². The van der Waals surface area contributed by atoms with E-state index in [-0.39, 0.29) is 28.3 Å². The van der Waals surface area contributed by atoms with Crippen molar-refractivity contribution in [2.24, 2.45) is 0 Å². The zero-order valence-electron chi connectivity index (χ0n) is 21.0. The molecule has 4 aromatic rings. The minimum absolute atomic E-state index is 0.111. The molecule has 2 aliphatic heterocycles. The van der Waals surface area contributed by atoms with Gasteiger partial charge in [-0.2, -0.15) is 4.98 Å². The lowest BCUT2D eigenvalue weighted by molar-refractivity contribution is -0.0568. The first-order valence-electron chi connectivity index (χ1n) is 12.2. The molecule has 0 aliphatic carbocycles. The Labute approximate surface area is 231 Å². The molecular formula is C20H23FN9O11P. The van der Waals surface area contributed by atoms with Crippen molar-refractivity contribution in [1.29, 1.82) is 0 Å². The van der Waals surface area contributed by atoms with Crippen molar-refractivity contribution < 1.29 is 47.7 Å². The molecular weight excluding hydrogens is 592 g/mol. The predicted molar refractivity (Wildman–Crippen MR) is 133 cm³/mol. The number of fused-ring (bicyclic) bond motifs is 2. The zero-order chi connectivity index (χ0) is 30.0. The van der Waals surface area contributed by atoms with Gasteiger partial charge in [0.15, 0.2) is 28.6 Å². The van der Waals surface area contributed by atoms with E-state index in [2.05, 4.69) is 29.9 Å². The number of aromatic nitrogens is 8. The van der Waals surface area contributed by atoms with Crippen LogP contribution >= 0.6 is 7.82 Å². The number of halogens is 1. The number of nitrogens with zero attached hydrogens (tertiary/aromatic N) is 6. The van der Waals surface area contributed by atoms with Crippen LogP contribution < -0.4 is 16.9 Å². The third-order valence-corrected chi connectivity index (χ3v) is 7.91. The van der Waals surface area contributed by atoms with Gasteiger partial charge in [-0.3, -0.25) is 32.8 Å². The van der Waals surface area contributed by atoms with Crippen LogP contribution in [0, 0.1) is 0 Å². The predicted octanol–water partition coefficient (Wildman–Crippen LogP) is -3.03. The number of aliphatic hydroxyl groups is 3.